The van der Waals surface area contributed by atoms with E-state index in [9.17, 15) is 0 Å². The first-order valence-electron chi connectivity index (χ1n) is 19.4. The highest BCUT2D eigenvalue weighted by molar-refractivity contribution is 6.20. The van der Waals surface area contributed by atoms with Gasteiger partial charge in [-0.2, -0.15) is 0 Å². The Morgan fingerprint density at radius 3 is 2.07 bits per heavy atom. The highest BCUT2D eigenvalue weighted by atomic mass is 15.2. The predicted octanol–water partition coefficient (Wildman–Crippen LogP) is 13.5. The molecule has 7 aromatic carbocycles. The molecule has 56 heavy (non-hydrogen) atoms. The second-order valence-corrected chi connectivity index (χ2v) is 14.6. The molecule has 0 atom stereocenters. The monoisotopic (exact) mass is 717 g/mol. The maximum atomic E-state index is 5.31. The normalized spacial score (nSPS) is 13.6. The van der Waals surface area contributed by atoms with E-state index in [1.165, 1.54) is 38.9 Å². The minimum Gasteiger partial charge on any atom is -0.277 e. The van der Waals surface area contributed by atoms with Crippen LogP contribution in [0.3, 0.4) is 0 Å². The molecule has 0 bridgehead atoms. The van der Waals surface area contributed by atoms with Crippen LogP contribution in [0.25, 0.3) is 66.3 Å². The van der Waals surface area contributed by atoms with Crippen LogP contribution in [0.15, 0.2) is 210 Å². The summed E-state index contributed by atoms with van der Waals surface area (Å²) in [5.74, 6) is 0.572. The largest absolute Gasteiger partial charge is 0.277 e. The van der Waals surface area contributed by atoms with Gasteiger partial charge < -0.3 is 0 Å². The fourth-order valence-corrected chi connectivity index (χ4v) is 8.43. The number of allylic oxidation sites excluding steroid dienone is 4. The number of aromatic nitrogens is 1. The van der Waals surface area contributed by atoms with Crippen molar-refractivity contribution < 1.29 is 0 Å². The Labute approximate surface area is 327 Å². The number of aliphatic imine (C=N–C) groups is 2. The molecule has 0 N–H and O–H groups in total. The Hall–Kier alpha value is -7.10. The van der Waals surface area contributed by atoms with Crippen LogP contribution >= 0.6 is 0 Å². The lowest BCUT2D eigenvalue weighted by atomic mass is 9.93. The van der Waals surface area contributed by atoms with Gasteiger partial charge in [-0.25, -0.2) is 9.98 Å². The zero-order valence-corrected chi connectivity index (χ0v) is 31.1. The van der Waals surface area contributed by atoms with Crippen molar-refractivity contribution in [2.24, 2.45) is 9.98 Å². The molecule has 266 valence electrons. The molecule has 0 spiro atoms. The fourth-order valence-electron chi connectivity index (χ4n) is 8.43. The van der Waals surface area contributed by atoms with Crippen molar-refractivity contribution in [2.75, 3.05) is 0 Å². The molecule has 0 fully saturated rings. The van der Waals surface area contributed by atoms with Crippen LogP contribution in [-0.4, -0.2) is 16.7 Å². The van der Waals surface area contributed by atoms with Crippen molar-refractivity contribution >= 4 is 34.0 Å². The predicted molar refractivity (Wildman–Crippen MR) is 236 cm³/mol. The lowest BCUT2D eigenvalue weighted by molar-refractivity contribution is 0.961. The van der Waals surface area contributed by atoms with E-state index in [2.05, 4.69) is 175 Å². The molecule has 8 aromatic rings. The first kappa shape index (κ1) is 33.5. The van der Waals surface area contributed by atoms with Gasteiger partial charge >= 0.3 is 0 Å². The smallest absolute Gasteiger partial charge is 0.235 e. The van der Waals surface area contributed by atoms with Crippen molar-refractivity contribution in [3.8, 4) is 44.5 Å². The number of hydrogen-bond donors (Lipinski definition) is 0. The minimum atomic E-state index is 0.572. The molecule has 2 aliphatic rings. The summed E-state index contributed by atoms with van der Waals surface area (Å²) in [5.41, 5.74) is 17.4. The van der Waals surface area contributed by atoms with Crippen molar-refractivity contribution in [2.45, 2.75) is 19.3 Å². The van der Waals surface area contributed by atoms with Crippen LogP contribution in [0, 0.1) is 0 Å². The Morgan fingerprint density at radius 1 is 0.589 bits per heavy atom. The molecule has 0 saturated heterocycles. The van der Waals surface area contributed by atoms with Crippen molar-refractivity contribution in [1.82, 2.24) is 4.57 Å². The summed E-state index contributed by atoms with van der Waals surface area (Å²) in [6.07, 6.45) is 11.1. The topological polar surface area (TPSA) is 29.6 Å². The summed E-state index contributed by atoms with van der Waals surface area (Å²) in [7, 11) is 0. The number of nitrogens with zero attached hydrogens (tertiary/aromatic N) is 3. The standard InChI is InChI=1S/C53H39N3/c1-36(38-19-8-3-9-20-38)55-53(54-35-37-17-6-2-7-18-37)56-51-30-29-42(45-27-16-28-46-44-26-15-14-25-41(44)31-48(45)46)32-49(51)50-34-43(39-21-10-4-11-22-39)33-47(52(50)56)40-23-12-5-13-24-40/h2-8,10-19,21-30,32-35H,1,9,20,31H2/b54-35+,55-53?. The Balaban J connectivity index is 1.28. The van der Waals surface area contributed by atoms with Crippen molar-refractivity contribution in [3.05, 3.63) is 217 Å². The molecule has 2 aliphatic carbocycles. The van der Waals surface area contributed by atoms with Gasteiger partial charge in [0.2, 0.25) is 5.96 Å². The summed E-state index contributed by atoms with van der Waals surface area (Å²) in [4.78, 5) is 10.5. The molecule has 0 aliphatic heterocycles. The van der Waals surface area contributed by atoms with Crippen LogP contribution in [0.5, 0.6) is 0 Å². The first-order chi connectivity index (χ1) is 27.7. The van der Waals surface area contributed by atoms with Gasteiger partial charge in [-0.15, -0.1) is 0 Å². The number of benzene rings is 7. The Bertz CT molecular complexity index is 2920. The zero-order chi connectivity index (χ0) is 37.4. The second kappa shape index (κ2) is 14.3. The summed E-state index contributed by atoms with van der Waals surface area (Å²) in [5, 5.41) is 2.29. The number of fused-ring (bicyclic) bond motifs is 6. The van der Waals surface area contributed by atoms with Gasteiger partial charge in [-0.1, -0.05) is 164 Å². The molecular formula is C53H39N3. The lowest BCUT2D eigenvalue weighted by Crippen LogP contribution is -2.11. The van der Waals surface area contributed by atoms with E-state index >= 15 is 0 Å². The molecule has 0 saturated carbocycles. The lowest BCUT2D eigenvalue weighted by Gasteiger charge is -2.15. The second-order valence-electron chi connectivity index (χ2n) is 14.6. The summed E-state index contributed by atoms with van der Waals surface area (Å²) in [6, 6.07) is 58.8. The van der Waals surface area contributed by atoms with Gasteiger partial charge in [0.25, 0.3) is 0 Å². The maximum Gasteiger partial charge on any atom is 0.235 e. The molecular weight excluding hydrogens is 679 g/mol. The third-order valence-electron chi connectivity index (χ3n) is 11.2. The zero-order valence-electron chi connectivity index (χ0n) is 31.1. The molecule has 1 aromatic heterocycles. The molecule has 3 heteroatoms. The van der Waals surface area contributed by atoms with Gasteiger partial charge in [0.15, 0.2) is 0 Å². The average molecular weight is 718 g/mol. The summed E-state index contributed by atoms with van der Waals surface area (Å²) < 4.78 is 2.26. The Morgan fingerprint density at radius 2 is 1.29 bits per heavy atom. The van der Waals surface area contributed by atoms with Crippen molar-refractivity contribution in [3.63, 3.8) is 0 Å². The third kappa shape index (κ3) is 6.04. The van der Waals surface area contributed by atoms with Gasteiger partial charge in [-0.3, -0.25) is 4.57 Å². The number of hydrogen-bond acceptors (Lipinski definition) is 1. The first-order valence-corrected chi connectivity index (χ1v) is 19.4. The molecule has 0 radical (unpaired) electrons. The molecule has 10 rings (SSSR count). The molecule has 0 amide bonds. The van der Waals surface area contributed by atoms with E-state index in [1.54, 1.807) is 0 Å². The fraction of sp³-hybridized carbons (Fsp3) is 0.0566. The van der Waals surface area contributed by atoms with E-state index in [1.807, 2.05) is 24.4 Å². The SMILES string of the molecule is C=C(N=C(/N=C/c1ccccc1)n1c2ccc(-c3cccc4c3Cc3ccccc3-4)cc2c2cc(-c3ccccc3)cc(-c3ccccc3)c21)C1=CC=CCC1. The molecule has 0 unspecified atom stereocenters. The van der Waals surface area contributed by atoms with Gasteiger partial charge in [0, 0.05) is 22.6 Å². The quantitative estimate of drug-likeness (QED) is 0.121. The van der Waals surface area contributed by atoms with Crippen LogP contribution < -0.4 is 0 Å². The van der Waals surface area contributed by atoms with Gasteiger partial charge in [0.05, 0.1) is 16.7 Å². The third-order valence-corrected chi connectivity index (χ3v) is 11.2. The minimum absolute atomic E-state index is 0.572. The van der Waals surface area contributed by atoms with E-state index < -0.39 is 0 Å². The van der Waals surface area contributed by atoms with Crippen LogP contribution in [0.4, 0.5) is 0 Å². The highest BCUT2D eigenvalue weighted by Crippen LogP contribution is 2.44. The van der Waals surface area contributed by atoms with Crippen molar-refractivity contribution in [1.29, 1.82) is 0 Å². The van der Waals surface area contributed by atoms with Crippen LogP contribution in [0.2, 0.25) is 0 Å². The summed E-state index contributed by atoms with van der Waals surface area (Å²) >= 11 is 0. The Kier molecular flexibility index (Phi) is 8.53. The number of rotatable bonds is 6. The van der Waals surface area contributed by atoms with Crippen LogP contribution in [-0.2, 0) is 6.42 Å². The van der Waals surface area contributed by atoms with Gasteiger partial charge in [0.1, 0.15) is 0 Å². The summed E-state index contributed by atoms with van der Waals surface area (Å²) in [6.45, 7) is 4.50. The van der Waals surface area contributed by atoms with E-state index in [0.717, 1.165) is 74.6 Å². The van der Waals surface area contributed by atoms with E-state index in [4.69, 9.17) is 9.98 Å². The van der Waals surface area contributed by atoms with E-state index in [-0.39, 0.29) is 0 Å². The maximum absolute atomic E-state index is 5.31. The average Bonchev–Trinajstić information content (AvgIpc) is 3.82. The highest BCUT2D eigenvalue weighted by Gasteiger charge is 2.24. The molecule has 3 nitrogen and oxygen atoms in total. The van der Waals surface area contributed by atoms with E-state index in [0.29, 0.717) is 5.96 Å². The van der Waals surface area contributed by atoms with Crippen LogP contribution in [0.1, 0.15) is 29.5 Å². The molecule has 1 heterocycles. The van der Waals surface area contributed by atoms with Gasteiger partial charge in [-0.05, 0) is 105 Å².